The van der Waals surface area contributed by atoms with Crippen LogP contribution < -0.4 is 0 Å². The van der Waals surface area contributed by atoms with Crippen LogP contribution in [-0.4, -0.2) is 47.5 Å². The summed E-state index contributed by atoms with van der Waals surface area (Å²) < 4.78 is 5.03. The van der Waals surface area contributed by atoms with Gasteiger partial charge in [-0.2, -0.15) is 0 Å². The number of amides is 1. The van der Waals surface area contributed by atoms with Gasteiger partial charge in [-0.3, -0.25) is 9.63 Å². The highest BCUT2D eigenvalue weighted by atomic mass is 16.7. The molecule has 2 heterocycles. The van der Waals surface area contributed by atoms with Crippen molar-refractivity contribution in [3.8, 4) is 0 Å². The first-order chi connectivity index (χ1) is 11.2. The second kappa shape index (κ2) is 5.34. The SMILES string of the molecule is CCOC(=O)C1=NO[C@H]2[C@@H]1[C@H]1C[C@@H]2ON1C(=O)c1ccccc1. The number of oxime groups is 1. The van der Waals surface area contributed by atoms with Crippen molar-refractivity contribution >= 4 is 17.6 Å². The average Bonchev–Trinajstić information content (AvgIpc) is 3.26. The molecule has 1 amide bonds. The number of carbonyl (C=O) groups is 2. The van der Waals surface area contributed by atoms with Crippen molar-refractivity contribution in [3.05, 3.63) is 35.9 Å². The highest BCUT2D eigenvalue weighted by molar-refractivity contribution is 6.38. The van der Waals surface area contributed by atoms with E-state index < -0.39 is 5.97 Å². The molecule has 3 aliphatic rings. The molecule has 1 aromatic rings. The van der Waals surface area contributed by atoms with Crippen LogP contribution in [0.15, 0.2) is 35.5 Å². The third-order valence-corrected chi connectivity index (χ3v) is 4.45. The van der Waals surface area contributed by atoms with Crippen molar-refractivity contribution in [3.63, 3.8) is 0 Å². The van der Waals surface area contributed by atoms with Gasteiger partial charge in [0.1, 0.15) is 6.10 Å². The molecule has 23 heavy (non-hydrogen) atoms. The zero-order valence-corrected chi connectivity index (χ0v) is 12.5. The molecule has 1 aliphatic carbocycles. The lowest BCUT2D eigenvalue weighted by Crippen LogP contribution is -2.50. The molecular weight excluding hydrogens is 300 g/mol. The Labute approximate surface area is 132 Å². The van der Waals surface area contributed by atoms with Crippen LogP contribution in [0.4, 0.5) is 0 Å². The topological polar surface area (TPSA) is 77.4 Å². The molecule has 0 spiro atoms. The van der Waals surface area contributed by atoms with E-state index in [1.54, 1.807) is 31.2 Å². The first-order valence-electron chi connectivity index (χ1n) is 7.67. The van der Waals surface area contributed by atoms with Gasteiger partial charge in [-0.25, -0.2) is 9.86 Å². The molecule has 120 valence electrons. The standard InChI is InChI=1S/C16H16N2O5/c1-2-21-16(20)13-12-10-8-11(14(12)22-17-13)23-18(10)15(19)9-6-4-3-5-7-9/h3-7,10-12,14H,2,8H2,1H3/t10-,11+,12-,14-/m1/s1. The van der Waals surface area contributed by atoms with Gasteiger partial charge in [0, 0.05) is 12.0 Å². The summed E-state index contributed by atoms with van der Waals surface area (Å²) in [5.74, 6) is -0.994. The fraction of sp³-hybridized carbons (Fsp3) is 0.438. The van der Waals surface area contributed by atoms with Crippen LogP contribution in [-0.2, 0) is 19.2 Å². The van der Waals surface area contributed by atoms with Crippen LogP contribution in [0.1, 0.15) is 23.7 Å². The second-order valence-corrected chi connectivity index (χ2v) is 5.74. The number of hydrogen-bond donors (Lipinski definition) is 0. The summed E-state index contributed by atoms with van der Waals surface area (Å²) in [6.07, 6.45) is 0.0411. The highest BCUT2D eigenvalue weighted by Crippen LogP contribution is 2.45. The van der Waals surface area contributed by atoms with Crippen LogP contribution >= 0.6 is 0 Å². The quantitative estimate of drug-likeness (QED) is 0.782. The van der Waals surface area contributed by atoms with Crippen LogP contribution in [0.3, 0.4) is 0 Å². The fourth-order valence-corrected chi connectivity index (χ4v) is 3.47. The number of hydroxylamine groups is 2. The summed E-state index contributed by atoms with van der Waals surface area (Å²) in [6, 6.07) is 8.66. The van der Waals surface area contributed by atoms with E-state index in [-0.39, 0.29) is 42.4 Å². The Morgan fingerprint density at radius 1 is 1.35 bits per heavy atom. The minimum atomic E-state index is -0.486. The summed E-state index contributed by atoms with van der Waals surface area (Å²) in [5.41, 5.74) is 0.795. The van der Waals surface area contributed by atoms with E-state index in [0.717, 1.165) is 0 Å². The van der Waals surface area contributed by atoms with Crippen molar-refractivity contribution in [2.24, 2.45) is 11.1 Å². The molecule has 2 aliphatic heterocycles. The van der Waals surface area contributed by atoms with E-state index in [1.165, 1.54) is 5.06 Å². The van der Waals surface area contributed by atoms with E-state index in [2.05, 4.69) is 5.16 Å². The third kappa shape index (κ3) is 2.11. The molecule has 2 bridgehead atoms. The molecule has 7 nitrogen and oxygen atoms in total. The maximum atomic E-state index is 12.6. The molecule has 0 aromatic heterocycles. The second-order valence-electron chi connectivity index (χ2n) is 5.74. The number of fused-ring (bicyclic) bond motifs is 5. The molecule has 1 aromatic carbocycles. The lowest BCUT2D eigenvalue weighted by molar-refractivity contribution is -0.196. The van der Waals surface area contributed by atoms with E-state index in [9.17, 15) is 9.59 Å². The third-order valence-electron chi connectivity index (χ3n) is 4.45. The lowest BCUT2D eigenvalue weighted by atomic mass is 9.95. The van der Waals surface area contributed by atoms with Crippen molar-refractivity contribution in [1.82, 2.24) is 5.06 Å². The van der Waals surface area contributed by atoms with E-state index >= 15 is 0 Å². The Hall–Kier alpha value is -2.41. The average molecular weight is 316 g/mol. The number of hydrogen-bond acceptors (Lipinski definition) is 6. The van der Waals surface area contributed by atoms with Crippen molar-refractivity contribution in [2.45, 2.75) is 31.6 Å². The fourth-order valence-electron chi connectivity index (χ4n) is 3.47. The maximum Gasteiger partial charge on any atom is 0.356 e. The smallest absolute Gasteiger partial charge is 0.356 e. The van der Waals surface area contributed by atoms with E-state index in [0.29, 0.717) is 12.0 Å². The van der Waals surface area contributed by atoms with Gasteiger partial charge < -0.3 is 9.57 Å². The van der Waals surface area contributed by atoms with Crippen LogP contribution in [0.5, 0.6) is 0 Å². The zero-order chi connectivity index (χ0) is 16.0. The molecule has 7 heteroatoms. The molecule has 0 unspecified atom stereocenters. The number of nitrogens with zero attached hydrogens (tertiary/aromatic N) is 2. The van der Waals surface area contributed by atoms with Gasteiger partial charge in [-0.05, 0) is 19.1 Å². The summed E-state index contributed by atoms with van der Waals surface area (Å²) in [4.78, 5) is 35.7. The molecule has 2 fully saturated rings. The summed E-state index contributed by atoms with van der Waals surface area (Å²) in [6.45, 7) is 2.01. The van der Waals surface area contributed by atoms with Gasteiger partial charge in [0.05, 0.1) is 18.6 Å². The van der Waals surface area contributed by atoms with Gasteiger partial charge in [0.25, 0.3) is 5.91 Å². The van der Waals surface area contributed by atoms with Gasteiger partial charge >= 0.3 is 5.97 Å². The summed E-state index contributed by atoms with van der Waals surface area (Å²) in [7, 11) is 0. The Bertz CT molecular complexity index is 674. The highest BCUT2D eigenvalue weighted by Gasteiger charge is 2.62. The molecule has 1 saturated carbocycles. The maximum absolute atomic E-state index is 12.6. The number of ether oxygens (including phenoxy) is 1. The molecule has 4 atom stereocenters. The van der Waals surface area contributed by atoms with Crippen LogP contribution in [0, 0.1) is 5.92 Å². The number of benzene rings is 1. The molecule has 4 rings (SSSR count). The van der Waals surface area contributed by atoms with Crippen molar-refractivity contribution < 1.29 is 24.0 Å². The van der Waals surface area contributed by atoms with Gasteiger partial charge in [-0.1, -0.05) is 23.4 Å². The number of carbonyl (C=O) groups excluding carboxylic acids is 2. The first kappa shape index (κ1) is 14.2. The Balaban J connectivity index is 1.57. The predicted molar refractivity (Wildman–Crippen MR) is 78.3 cm³/mol. The molecule has 0 radical (unpaired) electrons. The molecule has 0 N–H and O–H groups in total. The van der Waals surface area contributed by atoms with E-state index in [1.807, 2.05) is 6.07 Å². The zero-order valence-electron chi connectivity index (χ0n) is 12.5. The van der Waals surface area contributed by atoms with Crippen molar-refractivity contribution in [2.75, 3.05) is 6.61 Å². The Morgan fingerprint density at radius 3 is 2.87 bits per heavy atom. The molecule has 1 saturated heterocycles. The monoisotopic (exact) mass is 316 g/mol. The first-order valence-corrected chi connectivity index (χ1v) is 7.67. The van der Waals surface area contributed by atoms with Gasteiger partial charge in [-0.15, -0.1) is 0 Å². The summed E-state index contributed by atoms with van der Waals surface area (Å²) >= 11 is 0. The number of rotatable bonds is 3. The van der Waals surface area contributed by atoms with Gasteiger partial charge in [0.15, 0.2) is 11.8 Å². The minimum Gasteiger partial charge on any atom is -0.461 e. The lowest BCUT2D eigenvalue weighted by Gasteiger charge is -2.32. The molecular formula is C16H16N2O5. The normalized spacial score (nSPS) is 30.7. The van der Waals surface area contributed by atoms with E-state index in [4.69, 9.17) is 14.4 Å². The van der Waals surface area contributed by atoms with Gasteiger partial charge in [0.2, 0.25) is 0 Å². The Kier molecular flexibility index (Phi) is 3.30. The minimum absolute atomic E-state index is 0.216. The van der Waals surface area contributed by atoms with Crippen molar-refractivity contribution in [1.29, 1.82) is 0 Å². The Morgan fingerprint density at radius 2 is 2.13 bits per heavy atom. The number of esters is 1. The largest absolute Gasteiger partial charge is 0.461 e. The summed E-state index contributed by atoms with van der Waals surface area (Å²) in [5, 5.41) is 5.24. The predicted octanol–water partition coefficient (Wildman–Crippen LogP) is 1.15. The van der Waals surface area contributed by atoms with Crippen LogP contribution in [0.2, 0.25) is 0 Å². The van der Waals surface area contributed by atoms with Crippen LogP contribution in [0.25, 0.3) is 0 Å².